The topological polar surface area (TPSA) is 18.5 Å². The summed E-state index contributed by atoms with van der Waals surface area (Å²) in [5.41, 5.74) is 2.73. The second kappa shape index (κ2) is 12.3. The molecule has 36 heavy (non-hydrogen) atoms. The minimum Gasteiger partial charge on any atom is -0.490 e. The van der Waals surface area contributed by atoms with Crippen molar-refractivity contribution in [2.75, 3.05) is 13.2 Å². The van der Waals surface area contributed by atoms with Crippen LogP contribution in [0.25, 0.3) is 22.3 Å². The van der Waals surface area contributed by atoms with Crippen molar-refractivity contribution < 1.29 is 22.6 Å². The summed E-state index contributed by atoms with van der Waals surface area (Å²) in [5.74, 6) is -2.15. The molecular weight excluding hydrogens is 461 g/mol. The van der Waals surface area contributed by atoms with E-state index in [-0.39, 0.29) is 29.2 Å². The van der Waals surface area contributed by atoms with Crippen molar-refractivity contribution in [3.05, 3.63) is 90.3 Å². The lowest BCUT2D eigenvalue weighted by Crippen LogP contribution is -2.24. The second-order valence-electron chi connectivity index (χ2n) is 9.35. The Bertz CT molecular complexity index is 1170. The summed E-state index contributed by atoms with van der Waals surface area (Å²) in [6, 6.07) is 15.1. The summed E-state index contributed by atoms with van der Waals surface area (Å²) in [7, 11) is 0. The number of rotatable bonds is 10. The highest BCUT2D eigenvalue weighted by atomic mass is 19.2. The molecule has 1 aliphatic heterocycles. The monoisotopic (exact) mass is 494 g/mol. The Labute approximate surface area is 211 Å². The van der Waals surface area contributed by atoms with Crippen LogP contribution < -0.4 is 4.74 Å². The third-order valence-electron chi connectivity index (χ3n) is 6.84. The third kappa shape index (κ3) is 6.01. The van der Waals surface area contributed by atoms with E-state index in [2.05, 4.69) is 6.58 Å². The van der Waals surface area contributed by atoms with Crippen molar-refractivity contribution in [3.63, 3.8) is 0 Å². The van der Waals surface area contributed by atoms with Gasteiger partial charge in [0, 0.05) is 17.0 Å². The zero-order valence-electron chi connectivity index (χ0n) is 20.7. The Morgan fingerprint density at radius 1 is 0.944 bits per heavy atom. The lowest BCUT2D eigenvalue weighted by Gasteiger charge is -2.29. The first kappa shape index (κ1) is 26.0. The highest BCUT2D eigenvalue weighted by molar-refractivity contribution is 5.71. The van der Waals surface area contributed by atoms with Crippen LogP contribution in [0, 0.1) is 17.5 Å². The molecule has 0 saturated carbocycles. The quantitative estimate of drug-likeness (QED) is 0.207. The highest BCUT2D eigenvalue weighted by Crippen LogP contribution is 2.34. The van der Waals surface area contributed by atoms with Crippen LogP contribution in [0.15, 0.2) is 67.3 Å². The van der Waals surface area contributed by atoms with Crippen LogP contribution >= 0.6 is 0 Å². The molecule has 0 aliphatic carbocycles. The molecule has 0 radical (unpaired) electrons. The Morgan fingerprint density at radius 2 is 1.67 bits per heavy atom. The van der Waals surface area contributed by atoms with E-state index in [9.17, 15) is 8.78 Å². The van der Waals surface area contributed by atoms with E-state index in [0.717, 1.165) is 44.1 Å². The third-order valence-corrected chi connectivity index (χ3v) is 6.84. The summed E-state index contributed by atoms with van der Waals surface area (Å²) >= 11 is 0. The maximum Gasteiger partial charge on any atom is 0.201 e. The fourth-order valence-electron chi connectivity index (χ4n) is 4.64. The number of benzene rings is 3. The molecule has 2 nitrogen and oxygen atoms in total. The van der Waals surface area contributed by atoms with Gasteiger partial charge in [-0.3, -0.25) is 0 Å². The van der Waals surface area contributed by atoms with Gasteiger partial charge < -0.3 is 9.47 Å². The summed E-state index contributed by atoms with van der Waals surface area (Å²) in [5, 5.41) is 0. The van der Waals surface area contributed by atoms with E-state index >= 15 is 4.39 Å². The predicted octanol–water partition coefficient (Wildman–Crippen LogP) is 8.85. The Hall–Kier alpha value is -3.05. The molecule has 0 amide bonds. The maximum atomic E-state index is 15.1. The van der Waals surface area contributed by atoms with Crippen LogP contribution in [0.3, 0.4) is 0 Å². The van der Waals surface area contributed by atoms with E-state index in [0.29, 0.717) is 29.9 Å². The zero-order valence-corrected chi connectivity index (χ0v) is 20.7. The molecule has 3 aromatic carbocycles. The van der Waals surface area contributed by atoms with Crippen LogP contribution in [0.5, 0.6) is 5.75 Å². The zero-order chi connectivity index (χ0) is 25.5. The van der Waals surface area contributed by atoms with E-state index in [1.807, 2.05) is 19.1 Å². The molecule has 4 rings (SSSR count). The van der Waals surface area contributed by atoms with E-state index in [4.69, 9.17) is 9.47 Å². The predicted molar refractivity (Wildman–Crippen MR) is 139 cm³/mol. The molecule has 1 aliphatic rings. The average Bonchev–Trinajstić information content (AvgIpc) is 2.90. The minimum atomic E-state index is -0.993. The molecule has 3 aromatic rings. The van der Waals surface area contributed by atoms with Crippen LogP contribution in [-0.4, -0.2) is 19.3 Å². The molecule has 0 bridgehead atoms. The summed E-state index contributed by atoms with van der Waals surface area (Å²) in [6.07, 6.45) is 7.70. The highest BCUT2D eigenvalue weighted by Gasteiger charge is 2.23. The molecule has 1 heterocycles. The first-order chi connectivity index (χ1) is 17.5. The van der Waals surface area contributed by atoms with Gasteiger partial charge in [-0.15, -0.1) is 6.58 Å². The number of allylic oxidation sites excluding steroid dienone is 1. The molecule has 2 atom stereocenters. The largest absolute Gasteiger partial charge is 0.490 e. The summed E-state index contributed by atoms with van der Waals surface area (Å²) in [4.78, 5) is 0. The van der Waals surface area contributed by atoms with Gasteiger partial charge in [-0.1, -0.05) is 55.8 Å². The summed E-state index contributed by atoms with van der Waals surface area (Å²) < 4.78 is 55.6. The molecule has 0 N–H and O–H groups in total. The average molecular weight is 495 g/mol. The van der Waals surface area contributed by atoms with Gasteiger partial charge in [-0.25, -0.2) is 8.78 Å². The number of unbranched alkanes of at least 4 members (excludes halogenated alkanes) is 1. The van der Waals surface area contributed by atoms with Crippen molar-refractivity contribution in [1.82, 2.24) is 0 Å². The molecule has 1 saturated heterocycles. The minimum absolute atomic E-state index is 0.0841. The normalized spacial score (nSPS) is 17.7. The lowest BCUT2D eigenvalue weighted by atomic mass is 9.89. The van der Waals surface area contributed by atoms with Gasteiger partial charge in [0.05, 0.1) is 19.3 Å². The van der Waals surface area contributed by atoms with Crippen molar-refractivity contribution >= 4 is 0 Å². The van der Waals surface area contributed by atoms with Crippen LogP contribution in [0.1, 0.15) is 56.9 Å². The molecule has 2 unspecified atom stereocenters. The first-order valence-electron chi connectivity index (χ1n) is 12.7. The van der Waals surface area contributed by atoms with Crippen molar-refractivity contribution in [1.29, 1.82) is 0 Å². The van der Waals surface area contributed by atoms with E-state index < -0.39 is 11.6 Å². The molecular formula is C31H33F3O2. The number of ether oxygens (including phenoxy) is 2. The van der Waals surface area contributed by atoms with Crippen LogP contribution in [-0.2, 0) is 4.74 Å². The van der Waals surface area contributed by atoms with E-state index in [1.54, 1.807) is 36.4 Å². The van der Waals surface area contributed by atoms with Gasteiger partial charge in [0.1, 0.15) is 5.82 Å². The maximum absolute atomic E-state index is 15.1. The molecule has 1 fully saturated rings. The van der Waals surface area contributed by atoms with E-state index in [1.165, 1.54) is 12.1 Å². The first-order valence-corrected chi connectivity index (χ1v) is 12.7. The SMILES string of the molecule is C=CCCC1CCC(c2ccc(-c3ccc(-c4ccc(OCCCC)c(F)c4F)cc3)c(F)c2)CO1. The smallest absolute Gasteiger partial charge is 0.201 e. The van der Waals surface area contributed by atoms with Gasteiger partial charge >= 0.3 is 0 Å². The molecule has 190 valence electrons. The van der Waals surface area contributed by atoms with Gasteiger partial charge in [0.25, 0.3) is 0 Å². The molecule has 5 heteroatoms. The van der Waals surface area contributed by atoms with Gasteiger partial charge in [0.2, 0.25) is 5.82 Å². The van der Waals surface area contributed by atoms with Crippen molar-refractivity contribution in [2.24, 2.45) is 0 Å². The lowest BCUT2D eigenvalue weighted by molar-refractivity contribution is -0.000212. The van der Waals surface area contributed by atoms with Crippen molar-refractivity contribution in [2.45, 2.75) is 57.5 Å². The molecule has 0 spiro atoms. The van der Waals surface area contributed by atoms with Crippen molar-refractivity contribution in [3.8, 4) is 28.0 Å². The van der Waals surface area contributed by atoms with Gasteiger partial charge in [-0.2, -0.15) is 4.39 Å². The van der Waals surface area contributed by atoms with Gasteiger partial charge in [-0.05, 0) is 67.0 Å². The van der Waals surface area contributed by atoms with Crippen LogP contribution in [0.4, 0.5) is 13.2 Å². The fourth-order valence-corrected chi connectivity index (χ4v) is 4.64. The number of hydrogen-bond acceptors (Lipinski definition) is 2. The van der Waals surface area contributed by atoms with Crippen LogP contribution in [0.2, 0.25) is 0 Å². The second-order valence-corrected chi connectivity index (χ2v) is 9.35. The Balaban J connectivity index is 1.46. The fraction of sp³-hybridized carbons (Fsp3) is 0.355. The number of halogens is 3. The summed E-state index contributed by atoms with van der Waals surface area (Å²) in [6.45, 7) is 6.70. The van der Waals surface area contributed by atoms with Gasteiger partial charge in [0.15, 0.2) is 11.6 Å². The number of hydrogen-bond donors (Lipinski definition) is 0. The Morgan fingerprint density at radius 3 is 2.31 bits per heavy atom. The molecule has 0 aromatic heterocycles. The Kier molecular flexibility index (Phi) is 8.87. The standard InChI is InChI=1S/C31H33F3O2/c1-3-5-7-25-14-12-24(20-36-25)23-13-15-26(28(32)19-23)21-8-10-22(11-9-21)27-16-17-29(31(34)30(27)33)35-18-6-4-2/h3,8-11,13,15-17,19,24-25H,1,4-7,12,14,18,20H2,2H3.